The first kappa shape index (κ1) is 13.0. The molecule has 1 heterocycles. The van der Waals surface area contributed by atoms with Crippen LogP contribution >= 0.6 is 0 Å². The van der Waals surface area contributed by atoms with Gasteiger partial charge in [0.15, 0.2) is 0 Å². The fourth-order valence-corrected chi connectivity index (χ4v) is 2.35. The summed E-state index contributed by atoms with van der Waals surface area (Å²) in [6, 6.07) is 0.346. The normalized spacial score (nSPS) is 16.7. The van der Waals surface area contributed by atoms with E-state index in [9.17, 15) is 4.79 Å². The van der Waals surface area contributed by atoms with Crippen molar-refractivity contribution in [3.63, 3.8) is 0 Å². The Morgan fingerprint density at radius 2 is 2.22 bits per heavy atom. The van der Waals surface area contributed by atoms with E-state index in [4.69, 9.17) is 5.73 Å². The zero-order chi connectivity index (χ0) is 12.8. The molecule has 1 aliphatic carbocycles. The number of nitrogens with zero attached hydrogens (tertiary/aromatic N) is 3. The number of aromatic nitrogens is 3. The van der Waals surface area contributed by atoms with E-state index in [-0.39, 0.29) is 12.5 Å². The number of nitrogens with one attached hydrogen (secondary N) is 1. The third kappa shape index (κ3) is 3.80. The minimum atomic E-state index is 0.0195. The molecule has 1 saturated carbocycles. The largest absolute Gasteiger partial charge is 0.352 e. The molecule has 0 aliphatic heterocycles. The van der Waals surface area contributed by atoms with Gasteiger partial charge in [-0.25, -0.2) is 4.68 Å². The van der Waals surface area contributed by atoms with Gasteiger partial charge in [0.05, 0.1) is 5.69 Å². The first-order chi connectivity index (χ1) is 8.78. The lowest BCUT2D eigenvalue weighted by molar-refractivity contribution is -0.122. The lowest BCUT2D eigenvalue weighted by Crippen LogP contribution is -2.38. The average molecular weight is 251 g/mol. The molecule has 0 saturated heterocycles. The maximum Gasteiger partial charge on any atom is 0.242 e. The highest BCUT2D eigenvalue weighted by Gasteiger charge is 2.16. The van der Waals surface area contributed by atoms with Crippen molar-refractivity contribution in [3.05, 3.63) is 11.9 Å². The number of amides is 1. The Bertz CT molecular complexity index is 384. The van der Waals surface area contributed by atoms with Crippen LogP contribution in [0.1, 0.15) is 37.8 Å². The Labute approximate surface area is 107 Å². The summed E-state index contributed by atoms with van der Waals surface area (Å²) in [5.74, 6) is 0.0195. The van der Waals surface area contributed by atoms with Gasteiger partial charge >= 0.3 is 0 Å². The molecule has 3 N–H and O–H groups in total. The van der Waals surface area contributed by atoms with Gasteiger partial charge in [-0.05, 0) is 19.4 Å². The summed E-state index contributed by atoms with van der Waals surface area (Å²) < 4.78 is 1.57. The smallest absolute Gasteiger partial charge is 0.242 e. The summed E-state index contributed by atoms with van der Waals surface area (Å²) in [7, 11) is 0. The molecule has 1 fully saturated rings. The van der Waals surface area contributed by atoms with E-state index >= 15 is 0 Å². The molecule has 1 aromatic heterocycles. The van der Waals surface area contributed by atoms with Crippen LogP contribution in [0.4, 0.5) is 0 Å². The van der Waals surface area contributed by atoms with Gasteiger partial charge in [0.1, 0.15) is 6.54 Å². The second kappa shape index (κ2) is 6.49. The van der Waals surface area contributed by atoms with Crippen LogP contribution < -0.4 is 11.1 Å². The van der Waals surface area contributed by atoms with Gasteiger partial charge in [0.25, 0.3) is 0 Å². The number of rotatable bonds is 5. The highest BCUT2D eigenvalue weighted by Crippen LogP contribution is 2.17. The van der Waals surface area contributed by atoms with Crippen LogP contribution in [0.3, 0.4) is 0 Å². The molecule has 0 bridgehead atoms. The van der Waals surface area contributed by atoms with Crippen LogP contribution in [-0.2, 0) is 17.8 Å². The van der Waals surface area contributed by atoms with Gasteiger partial charge in [-0.3, -0.25) is 4.79 Å². The molecule has 0 unspecified atom stereocenters. The van der Waals surface area contributed by atoms with Gasteiger partial charge in [-0.1, -0.05) is 24.5 Å². The predicted octanol–water partition coefficient (Wildman–Crippen LogP) is 0.228. The fraction of sp³-hybridized carbons (Fsp3) is 0.750. The Balaban J connectivity index is 1.78. The van der Waals surface area contributed by atoms with Crippen molar-refractivity contribution < 1.29 is 4.79 Å². The number of hydrogen-bond acceptors (Lipinski definition) is 4. The fourth-order valence-electron chi connectivity index (χ4n) is 2.35. The summed E-state index contributed by atoms with van der Waals surface area (Å²) in [6.45, 7) is 0.793. The van der Waals surface area contributed by atoms with Crippen LogP contribution in [0.25, 0.3) is 0 Å². The number of nitrogens with two attached hydrogens (primary N) is 1. The lowest BCUT2D eigenvalue weighted by atomic mass is 9.95. The third-order valence-corrected chi connectivity index (χ3v) is 3.26. The van der Waals surface area contributed by atoms with Crippen LogP contribution in [0, 0.1) is 0 Å². The molecule has 0 radical (unpaired) electrons. The van der Waals surface area contributed by atoms with Crippen LogP contribution in [0.5, 0.6) is 0 Å². The van der Waals surface area contributed by atoms with Crippen molar-refractivity contribution in [2.45, 2.75) is 51.1 Å². The number of carbonyl (C=O) groups excluding carboxylic acids is 1. The summed E-state index contributed by atoms with van der Waals surface area (Å²) in [5.41, 5.74) is 6.27. The Hall–Kier alpha value is -1.43. The van der Waals surface area contributed by atoms with Gasteiger partial charge in [-0.2, -0.15) is 0 Å². The van der Waals surface area contributed by atoms with Crippen LogP contribution in [-0.4, -0.2) is 33.5 Å². The zero-order valence-electron chi connectivity index (χ0n) is 10.6. The molecular formula is C12H21N5O. The lowest BCUT2D eigenvalue weighted by Gasteiger charge is -2.22. The minimum Gasteiger partial charge on any atom is -0.352 e. The van der Waals surface area contributed by atoms with E-state index in [0.717, 1.165) is 18.5 Å². The summed E-state index contributed by atoms with van der Waals surface area (Å²) in [4.78, 5) is 11.8. The molecule has 1 amide bonds. The summed E-state index contributed by atoms with van der Waals surface area (Å²) in [5, 5.41) is 10.9. The second-order valence-corrected chi connectivity index (χ2v) is 4.85. The first-order valence-corrected chi connectivity index (χ1v) is 6.66. The summed E-state index contributed by atoms with van der Waals surface area (Å²) >= 11 is 0. The predicted molar refractivity (Wildman–Crippen MR) is 67.8 cm³/mol. The van der Waals surface area contributed by atoms with Gasteiger partial charge in [0, 0.05) is 18.7 Å². The molecule has 100 valence electrons. The van der Waals surface area contributed by atoms with E-state index in [2.05, 4.69) is 15.6 Å². The average Bonchev–Trinajstić information content (AvgIpc) is 2.78. The number of carbonyl (C=O) groups is 1. The highest BCUT2D eigenvalue weighted by atomic mass is 16.2. The van der Waals surface area contributed by atoms with Crippen LogP contribution in [0.15, 0.2) is 6.20 Å². The van der Waals surface area contributed by atoms with E-state index < -0.39 is 0 Å². The van der Waals surface area contributed by atoms with Crippen molar-refractivity contribution in [3.8, 4) is 0 Å². The molecule has 2 rings (SSSR count). The molecule has 6 nitrogen and oxygen atoms in total. The first-order valence-electron chi connectivity index (χ1n) is 6.66. The maximum atomic E-state index is 11.8. The highest BCUT2D eigenvalue weighted by molar-refractivity contribution is 5.75. The summed E-state index contributed by atoms with van der Waals surface area (Å²) in [6.07, 6.45) is 8.41. The molecule has 6 heteroatoms. The van der Waals surface area contributed by atoms with Gasteiger partial charge < -0.3 is 11.1 Å². The number of hydrogen-bond donors (Lipinski definition) is 2. The van der Waals surface area contributed by atoms with E-state index in [1.54, 1.807) is 10.9 Å². The Morgan fingerprint density at radius 3 is 2.94 bits per heavy atom. The van der Waals surface area contributed by atoms with E-state index in [1.165, 1.54) is 19.3 Å². The van der Waals surface area contributed by atoms with E-state index in [0.29, 0.717) is 19.0 Å². The Kier molecular flexibility index (Phi) is 4.69. The quantitative estimate of drug-likeness (QED) is 0.784. The Morgan fingerprint density at radius 1 is 1.44 bits per heavy atom. The molecule has 18 heavy (non-hydrogen) atoms. The second-order valence-electron chi connectivity index (χ2n) is 4.85. The van der Waals surface area contributed by atoms with Gasteiger partial charge in [0.2, 0.25) is 5.91 Å². The van der Waals surface area contributed by atoms with Crippen molar-refractivity contribution in [1.82, 2.24) is 20.3 Å². The molecule has 0 aromatic carbocycles. The van der Waals surface area contributed by atoms with Crippen molar-refractivity contribution in [2.75, 3.05) is 6.54 Å². The zero-order valence-corrected chi connectivity index (χ0v) is 10.6. The SMILES string of the molecule is NCCc1cn(CC(=O)NC2CCCCC2)nn1. The van der Waals surface area contributed by atoms with Gasteiger partial charge in [-0.15, -0.1) is 5.10 Å². The van der Waals surface area contributed by atoms with Crippen molar-refractivity contribution in [1.29, 1.82) is 0 Å². The molecule has 0 atom stereocenters. The van der Waals surface area contributed by atoms with E-state index in [1.807, 2.05) is 0 Å². The minimum absolute atomic E-state index is 0.0195. The molecule has 1 aliphatic rings. The monoisotopic (exact) mass is 251 g/mol. The standard InChI is InChI=1S/C12H21N5O/c13-7-6-11-8-17(16-15-11)9-12(18)14-10-4-2-1-3-5-10/h8,10H,1-7,9,13H2,(H,14,18). The van der Waals surface area contributed by atoms with Crippen molar-refractivity contribution in [2.24, 2.45) is 5.73 Å². The molecular weight excluding hydrogens is 230 g/mol. The molecule has 0 spiro atoms. The topological polar surface area (TPSA) is 85.8 Å². The maximum absolute atomic E-state index is 11.8. The molecule has 1 aromatic rings. The van der Waals surface area contributed by atoms with Crippen LogP contribution in [0.2, 0.25) is 0 Å². The van der Waals surface area contributed by atoms with Crippen molar-refractivity contribution >= 4 is 5.91 Å². The third-order valence-electron chi connectivity index (χ3n) is 3.26.